The summed E-state index contributed by atoms with van der Waals surface area (Å²) in [4.78, 5) is 0. The number of halogens is 1. The van der Waals surface area contributed by atoms with Gasteiger partial charge in [-0.25, -0.2) is 0 Å². The highest BCUT2D eigenvalue weighted by Gasteiger charge is 1.84. The predicted molar refractivity (Wildman–Crippen MR) is 53.1 cm³/mol. The Morgan fingerprint density at radius 1 is 1.00 bits per heavy atom. The first kappa shape index (κ1) is 11.2. The Labute approximate surface area is 77.6 Å². The molecule has 11 heavy (non-hydrogen) atoms. The fourth-order valence-electron chi connectivity index (χ4n) is 0.844. The van der Waals surface area contributed by atoms with Crippen molar-refractivity contribution in [1.82, 2.24) is 0 Å². The van der Waals surface area contributed by atoms with Gasteiger partial charge in [0.15, 0.2) is 0 Å². The third-order valence-corrected chi connectivity index (χ3v) is 2.03. The van der Waals surface area contributed by atoms with Gasteiger partial charge in [0.25, 0.3) is 0 Å². The molecule has 1 N–H and O–H groups in total. The van der Waals surface area contributed by atoms with Crippen LogP contribution in [0.3, 0.4) is 0 Å². The van der Waals surface area contributed by atoms with E-state index in [0.29, 0.717) is 0 Å². The minimum Gasteiger partial charge on any atom is -0.396 e. The summed E-state index contributed by atoms with van der Waals surface area (Å²) in [5.74, 6) is 0. The molecule has 0 aromatic carbocycles. The SMILES string of the molecule is OCC/C=C/CCCCCBr. The van der Waals surface area contributed by atoms with Crippen molar-refractivity contribution in [2.75, 3.05) is 11.9 Å². The van der Waals surface area contributed by atoms with Gasteiger partial charge in [-0.1, -0.05) is 34.5 Å². The second-order valence-corrected chi connectivity index (χ2v) is 3.32. The number of aliphatic hydroxyl groups is 1. The first-order chi connectivity index (χ1) is 5.41. The Hall–Kier alpha value is 0.180. The van der Waals surface area contributed by atoms with Crippen LogP contribution in [0.1, 0.15) is 32.1 Å². The van der Waals surface area contributed by atoms with E-state index in [1.165, 1.54) is 19.3 Å². The topological polar surface area (TPSA) is 20.2 Å². The summed E-state index contributed by atoms with van der Waals surface area (Å²) in [7, 11) is 0. The molecule has 0 heterocycles. The largest absolute Gasteiger partial charge is 0.396 e. The van der Waals surface area contributed by atoms with E-state index >= 15 is 0 Å². The molecule has 1 nitrogen and oxygen atoms in total. The molecule has 0 saturated carbocycles. The summed E-state index contributed by atoms with van der Waals surface area (Å²) in [6, 6.07) is 0. The number of rotatable bonds is 7. The summed E-state index contributed by atoms with van der Waals surface area (Å²) in [6.45, 7) is 0.276. The number of allylic oxidation sites excluding steroid dienone is 1. The normalized spacial score (nSPS) is 11.1. The summed E-state index contributed by atoms with van der Waals surface area (Å²) >= 11 is 3.39. The van der Waals surface area contributed by atoms with E-state index in [0.717, 1.165) is 18.2 Å². The van der Waals surface area contributed by atoms with Crippen LogP contribution in [-0.4, -0.2) is 17.0 Å². The van der Waals surface area contributed by atoms with E-state index in [2.05, 4.69) is 22.0 Å². The van der Waals surface area contributed by atoms with Crippen LogP contribution in [0.25, 0.3) is 0 Å². The molecule has 0 unspecified atom stereocenters. The molecule has 0 aliphatic carbocycles. The molecule has 66 valence electrons. The van der Waals surface area contributed by atoms with Gasteiger partial charge < -0.3 is 5.11 Å². The quantitative estimate of drug-likeness (QED) is 0.398. The van der Waals surface area contributed by atoms with Crippen LogP contribution in [0.15, 0.2) is 12.2 Å². The lowest BCUT2D eigenvalue weighted by molar-refractivity contribution is 0.302. The van der Waals surface area contributed by atoms with Crippen molar-refractivity contribution in [3.8, 4) is 0 Å². The molecule has 0 aromatic heterocycles. The summed E-state index contributed by atoms with van der Waals surface area (Å²) in [5, 5.41) is 9.57. The van der Waals surface area contributed by atoms with Crippen molar-refractivity contribution >= 4 is 15.9 Å². The molecular weight excluding hydrogens is 204 g/mol. The number of unbranched alkanes of at least 4 members (excludes halogenated alkanes) is 3. The molecule has 0 atom stereocenters. The van der Waals surface area contributed by atoms with Gasteiger partial charge in [-0.15, -0.1) is 0 Å². The van der Waals surface area contributed by atoms with Crippen molar-refractivity contribution in [2.45, 2.75) is 32.1 Å². The highest BCUT2D eigenvalue weighted by atomic mass is 79.9. The van der Waals surface area contributed by atoms with E-state index in [-0.39, 0.29) is 6.61 Å². The van der Waals surface area contributed by atoms with Crippen LogP contribution in [0.2, 0.25) is 0 Å². The monoisotopic (exact) mass is 220 g/mol. The van der Waals surface area contributed by atoms with E-state index in [1.54, 1.807) is 0 Å². The second-order valence-electron chi connectivity index (χ2n) is 2.52. The minimum atomic E-state index is 0.276. The van der Waals surface area contributed by atoms with Crippen molar-refractivity contribution in [2.24, 2.45) is 0 Å². The van der Waals surface area contributed by atoms with Gasteiger partial charge in [0.05, 0.1) is 0 Å². The van der Waals surface area contributed by atoms with Crippen molar-refractivity contribution in [1.29, 1.82) is 0 Å². The zero-order chi connectivity index (χ0) is 8.36. The molecule has 0 spiro atoms. The highest BCUT2D eigenvalue weighted by molar-refractivity contribution is 9.09. The van der Waals surface area contributed by atoms with Crippen LogP contribution in [0.4, 0.5) is 0 Å². The molecule has 0 radical (unpaired) electrons. The maximum Gasteiger partial charge on any atom is 0.0465 e. The van der Waals surface area contributed by atoms with Crippen LogP contribution >= 0.6 is 15.9 Å². The number of hydrogen-bond acceptors (Lipinski definition) is 1. The van der Waals surface area contributed by atoms with Gasteiger partial charge in [-0.3, -0.25) is 0 Å². The number of alkyl halides is 1. The molecule has 2 heteroatoms. The maximum atomic E-state index is 8.45. The fraction of sp³-hybridized carbons (Fsp3) is 0.778. The second kappa shape index (κ2) is 10.2. The Bertz CT molecular complexity index is 91.6. The number of aliphatic hydroxyl groups excluding tert-OH is 1. The van der Waals surface area contributed by atoms with Gasteiger partial charge in [-0.05, 0) is 25.7 Å². The zero-order valence-corrected chi connectivity index (χ0v) is 8.52. The number of hydrogen-bond donors (Lipinski definition) is 1. The molecular formula is C9H17BrO. The Kier molecular flexibility index (Phi) is 10.3. The maximum absolute atomic E-state index is 8.45. The highest BCUT2D eigenvalue weighted by Crippen LogP contribution is 2.02. The van der Waals surface area contributed by atoms with Crippen LogP contribution < -0.4 is 0 Å². The molecule has 0 rings (SSSR count). The van der Waals surface area contributed by atoms with E-state index in [1.807, 2.05) is 6.08 Å². The molecule has 0 fully saturated rings. The summed E-state index contributed by atoms with van der Waals surface area (Å²) < 4.78 is 0. The van der Waals surface area contributed by atoms with Crippen LogP contribution in [0.5, 0.6) is 0 Å². The van der Waals surface area contributed by atoms with E-state index in [4.69, 9.17) is 5.11 Å². The van der Waals surface area contributed by atoms with Gasteiger partial charge >= 0.3 is 0 Å². The molecule has 0 amide bonds. The molecule has 0 aromatic rings. The molecule has 0 saturated heterocycles. The van der Waals surface area contributed by atoms with Gasteiger partial charge in [0.2, 0.25) is 0 Å². The zero-order valence-electron chi connectivity index (χ0n) is 6.93. The first-order valence-corrected chi connectivity index (χ1v) is 5.35. The minimum absolute atomic E-state index is 0.276. The third-order valence-electron chi connectivity index (χ3n) is 1.47. The predicted octanol–water partition coefficient (Wildman–Crippen LogP) is 2.88. The summed E-state index contributed by atoms with van der Waals surface area (Å²) in [5.41, 5.74) is 0. The Balaban J connectivity index is 2.89. The average molecular weight is 221 g/mol. The van der Waals surface area contributed by atoms with E-state index < -0.39 is 0 Å². The first-order valence-electron chi connectivity index (χ1n) is 4.23. The van der Waals surface area contributed by atoms with Gasteiger partial charge in [-0.2, -0.15) is 0 Å². The van der Waals surface area contributed by atoms with Gasteiger partial charge in [0.1, 0.15) is 0 Å². The molecule has 0 aliphatic heterocycles. The van der Waals surface area contributed by atoms with Crippen molar-refractivity contribution < 1.29 is 5.11 Å². The summed E-state index contributed by atoms with van der Waals surface area (Å²) in [6.07, 6.45) is 10.0. The van der Waals surface area contributed by atoms with Crippen LogP contribution in [-0.2, 0) is 0 Å². The van der Waals surface area contributed by atoms with Crippen molar-refractivity contribution in [3.63, 3.8) is 0 Å². The van der Waals surface area contributed by atoms with E-state index in [9.17, 15) is 0 Å². The lowest BCUT2D eigenvalue weighted by Gasteiger charge is -1.92. The average Bonchev–Trinajstić information content (AvgIpc) is 2.03. The third kappa shape index (κ3) is 10.2. The molecule has 0 bridgehead atoms. The lowest BCUT2D eigenvalue weighted by Crippen LogP contribution is -1.77. The smallest absolute Gasteiger partial charge is 0.0465 e. The van der Waals surface area contributed by atoms with Crippen LogP contribution in [0, 0.1) is 0 Å². The Morgan fingerprint density at radius 2 is 1.73 bits per heavy atom. The molecule has 0 aliphatic rings. The standard InChI is InChI=1S/C9H17BrO/c10-8-6-4-2-1-3-5-7-9-11/h3,5,11H,1-2,4,6-9H2/b5-3+. The lowest BCUT2D eigenvalue weighted by atomic mass is 10.2. The Morgan fingerprint density at radius 3 is 2.36 bits per heavy atom. The van der Waals surface area contributed by atoms with Crippen molar-refractivity contribution in [3.05, 3.63) is 12.2 Å². The van der Waals surface area contributed by atoms with Gasteiger partial charge in [0, 0.05) is 11.9 Å². The fourth-order valence-corrected chi connectivity index (χ4v) is 1.24.